The summed E-state index contributed by atoms with van der Waals surface area (Å²) in [5.74, 6) is 0.0893. The van der Waals surface area contributed by atoms with Crippen molar-refractivity contribution >= 4 is 21.4 Å². The molecule has 0 aliphatic carbocycles. The van der Waals surface area contributed by atoms with E-state index in [1.807, 2.05) is 27.7 Å². The van der Waals surface area contributed by atoms with Gasteiger partial charge in [-0.05, 0) is 36.2 Å². The van der Waals surface area contributed by atoms with Crippen LogP contribution in [-0.4, -0.2) is 26.8 Å². The summed E-state index contributed by atoms with van der Waals surface area (Å²) in [5, 5.41) is 3.79. The van der Waals surface area contributed by atoms with Gasteiger partial charge in [0.25, 0.3) is 0 Å². The number of hydrogen-bond acceptors (Lipinski definition) is 3. The first-order valence-electron chi connectivity index (χ1n) is 6.38. The second-order valence-electron chi connectivity index (χ2n) is 5.71. The lowest BCUT2D eigenvalue weighted by Crippen LogP contribution is -2.45. The average Bonchev–Trinajstić information content (AvgIpc) is 2.27. The molecular formula is C14H22ClNO2S. The summed E-state index contributed by atoms with van der Waals surface area (Å²) in [6, 6.07) is 6.24. The standard InChI is InChI=1S/C14H22ClNO2S/c1-5-16-13(14(2,3)4)10-19(17,18)12-8-6-11(15)7-9-12/h6-9,13,16H,5,10H2,1-4H3. The Morgan fingerprint density at radius 2 is 1.74 bits per heavy atom. The maximum atomic E-state index is 12.4. The topological polar surface area (TPSA) is 46.2 Å². The third-order valence-corrected chi connectivity index (χ3v) is 5.07. The maximum Gasteiger partial charge on any atom is 0.179 e. The summed E-state index contributed by atoms with van der Waals surface area (Å²) >= 11 is 5.78. The van der Waals surface area contributed by atoms with E-state index in [9.17, 15) is 8.42 Å². The zero-order chi connectivity index (χ0) is 14.7. The first kappa shape index (κ1) is 16.5. The van der Waals surface area contributed by atoms with Crippen LogP contribution in [0.25, 0.3) is 0 Å². The molecule has 0 aromatic heterocycles. The molecule has 0 bridgehead atoms. The minimum Gasteiger partial charge on any atom is -0.313 e. The lowest BCUT2D eigenvalue weighted by Gasteiger charge is -2.31. The summed E-state index contributed by atoms with van der Waals surface area (Å²) in [6.07, 6.45) is 0. The largest absolute Gasteiger partial charge is 0.313 e. The Morgan fingerprint density at radius 3 is 2.16 bits per heavy atom. The van der Waals surface area contributed by atoms with Gasteiger partial charge >= 0.3 is 0 Å². The van der Waals surface area contributed by atoms with Gasteiger partial charge in [-0.25, -0.2) is 8.42 Å². The molecule has 0 spiro atoms. The number of hydrogen-bond donors (Lipinski definition) is 1. The Labute approximate surface area is 121 Å². The second kappa shape index (κ2) is 6.25. The average molecular weight is 304 g/mol. The Morgan fingerprint density at radius 1 is 1.21 bits per heavy atom. The molecule has 0 fully saturated rings. The number of halogens is 1. The van der Waals surface area contributed by atoms with Crippen molar-refractivity contribution in [2.24, 2.45) is 5.41 Å². The molecule has 5 heteroatoms. The molecule has 0 amide bonds. The first-order valence-corrected chi connectivity index (χ1v) is 8.41. The third-order valence-electron chi connectivity index (χ3n) is 3.05. The van der Waals surface area contributed by atoms with Crippen LogP contribution in [0.3, 0.4) is 0 Å². The normalized spacial score (nSPS) is 14.4. The highest BCUT2D eigenvalue weighted by atomic mass is 35.5. The van der Waals surface area contributed by atoms with Crippen LogP contribution in [0.1, 0.15) is 27.7 Å². The van der Waals surface area contributed by atoms with E-state index in [-0.39, 0.29) is 17.2 Å². The smallest absolute Gasteiger partial charge is 0.179 e. The summed E-state index contributed by atoms with van der Waals surface area (Å²) < 4.78 is 24.8. The Bertz CT molecular complexity index is 503. The van der Waals surface area contributed by atoms with E-state index < -0.39 is 9.84 Å². The van der Waals surface area contributed by atoms with Gasteiger partial charge in [0.1, 0.15) is 0 Å². The van der Waals surface area contributed by atoms with Crippen molar-refractivity contribution < 1.29 is 8.42 Å². The van der Waals surface area contributed by atoms with Crippen molar-refractivity contribution in [1.82, 2.24) is 5.32 Å². The zero-order valence-corrected chi connectivity index (χ0v) is 13.5. The SMILES string of the molecule is CCNC(CS(=O)(=O)c1ccc(Cl)cc1)C(C)(C)C. The quantitative estimate of drug-likeness (QED) is 0.909. The number of nitrogens with one attached hydrogen (secondary N) is 1. The lowest BCUT2D eigenvalue weighted by atomic mass is 9.88. The van der Waals surface area contributed by atoms with Crippen LogP contribution in [0.15, 0.2) is 29.2 Å². The van der Waals surface area contributed by atoms with E-state index in [4.69, 9.17) is 11.6 Å². The van der Waals surface area contributed by atoms with Crippen molar-refractivity contribution in [3.8, 4) is 0 Å². The Balaban J connectivity index is 2.97. The molecule has 1 aromatic carbocycles. The molecule has 0 heterocycles. The van der Waals surface area contributed by atoms with E-state index in [1.165, 1.54) is 0 Å². The van der Waals surface area contributed by atoms with Crippen LogP contribution in [0.2, 0.25) is 5.02 Å². The molecule has 19 heavy (non-hydrogen) atoms. The van der Waals surface area contributed by atoms with Gasteiger partial charge in [0.2, 0.25) is 0 Å². The van der Waals surface area contributed by atoms with Gasteiger partial charge in [0.15, 0.2) is 9.84 Å². The molecule has 1 rings (SSSR count). The fourth-order valence-electron chi connectivity index (χ4n) is 1.82. The van der Waals surface area contributed by atoms with Crippen LogP contribution in [0.5, 0.6) is 0 Å². The fraction of sp³-hybridized carbons (Fsp3) is 0.571. The number of sulfone groups is 1. The molecule has 0 aliphatic heterocycles. The molecule has 0 aliphatic rings. The third kappa shape index (κ3) is 4.79. The van der Waals surface area contributed by atoms with Crippen LogP contribution >= 0.6 is 11.6 Å². The number of benzene rings is 1. The highest BCUT2D eigenvalue weighted by Gasteiger charge is 2.29. The highest BCUT2D eigenvalue weighted by Crippen LogP contribution is 2.24. The van der Waals surface area contributed by atoms with E-state index in [2.05, 4.69) is 5.32 Å². The van der Waals surface area contributed by atoms with Crippen molar-refractivity contribution in [2.75, 3.05) is 12.3 Å². The molecule has 1 atom stereocenters. The Kier molecular flexibility index (Phi) is 5.42. The fourth-order valence-corrected chi connectivity index (χ4v) is 3.74. The number of rotatable bonds is 5. The van der Waals surface area contributed by atoms with Crippen molar-refractivity contribution in [3.63, 3.8) is 0 Å². The zero-order valence-electron chi connectivity index (χ0n) is 11.9. The van der Waals surface area contributed by atoms with Crippen LogP contribution < -0.4 is 5.32 Å². The van der Waals surface area contributed by atoms with Gasteiger partial charge < -0.3 is 5.32 Å². The van der Waals surface area contributed by atoms with Gasteiger partial charge in [-0.3, -0.25) is 0 Å². The van der Waals surface area contributed by atoms with Gasteiger partial charge in [0.05, 0.1) is 10.6 Å². The van der Waals surface area contributed by atoms with Crippen molar-refractivity contribution in [3.05, 3.63) is 29.3 Å². The van der Waals surface area contributed by atoms with Gasteiger partial charge in [0, 0.05) is 11.1 Å². The molecular weight excluding hydrogens is 282 g/mol. The van der Waals surface area contributed by atoms with Gasteiger partial charge in [-0.2, -0.15) is 0 Å². The van der Waals surface area contributed by atoms with Crippen LogP contribution in [-0.2, 0) is 9.84 Å². The molecule has 0 radical (unpaired) electrons. The van der Waals surface area contributed by atoms with Crippen LogP contribution in [0.4, 0.5) is 0 Å². The van der Waals surface area contributed by atoms with Gasteiger partial charge in [-0.15, -0.1) is 0 Å². The molecule has 1 aromatic rings. The van der Waals surface area contributed by atoms with Crippen LogP contribution in [0, 0.1) is 5.41 Å². The summed E-state index contributed by atoms with van der Waals surface area (Å²) in [5.41, 5.74) is -0.116. The highest BCUT2D eigenvalue weighted by molar-refractivity contribution is 7.91. The van der Waals surface area contributed by atoms with Crippen molar-refractivity contribution in [2.45, 2.75) is 38.6 Å². The van der Waals surface area contributed by atoms with E-state index >= 15 is 0 Å². The van der Waals surface area contributed by atoms with E-state index in [1.54, 1.807) is 24.3 Å². The minimum absolute atomic E-state index is 0.0850. The van der Waals surface area contributed by atoms with E-state index in [0.717, 1.165) is 6.54 Å². The molecule has 0 saturated carbocycles. The molecule has 3 nitrogen and oxygen atoms in total. The molecule has 1 unspecified atom stereocenters. The predicted molar refractivity (Wildman–Crippen MR) is 80.4 cm³/mol. The lowest BCUT2D eigenvalue weighted by molar-refractivity contribution is 0.292. The van der Waals surface area contributed by atoms with Crippen molar-refractivity contribution in [1.29, 1.82) is 0 Å². The first-order chi connectivity index (χ1) is 8.66. The summed E-state index contributed by atoms with van der Waals surface area (Å²) in [6.45, 7) is 8.85. The van der Waals surface area contributed by atoms with E-state index in [0.29, 0.717) is 9.92 Å². The molecule has 108 valence electrons. The summed E-state index contributed by atoms with van der Waals surface area (Å²) in [7, 11) is -3.30. The monoisotopic (exact) mass is 303 g/mol. The maximum absolute atomic E-state index is 12.4. The predicted octanol–water partition coefficient (Wildman–Crippen LogP) is 3.14. The Hall–Kier alpha value is -0.580. The molecule has 0 saturated heterocycles. The van der Waals surface area contributed by atoms with Gasteiger partial charge in [-0.1, -0.05) is 39.3 Å². The summed E-state index contributed by atoms with van der Waals surface area (Å²) in [4.78, 5) is 0.323. The second-order valence-corrected chi connectivity index (χ2v) is 8.18. The molecule has 1 N–H and O–H groups in total. The minimum atomic E-state index is -3.30.